The molecule has 1 heterocycles. The number of hydrogen-bond acceptors (Lipinski definition) is 3. The highest BCUT2D eigenvalue weighted by atomic mass is 16.4. The van der Waals surface area contributed by atoms with Crippen LogP contribution in [-0.2, 0) is 4.79 Å². The molecule has 0 aliphatic heterocycles. The molecule has 0 spiro atoms. The van der Waals surface area contributed by atoms with E-state index >= 15 is 0 Å². The number of rotatable bonds is 4. The number of hydrogen-bond donors (Lipinski definition) is 3. The van der Waals surface area contributed by atoms with Gasteiger partial charge in [0.25, 0.3) is 11.5 Å². The third-order valence-corrected chi connectivity index (χ3v) is 1.99. The van der Waals surface area contributed by atoms with Crippen molar-refractivity contribution in [3.05, 3.63) is 34.2 Å². The predicted octanol–water partition coefficient (Wildman–Crippen LogP) is -0.419. The number of H-pyrrole nitrogens is 1. The Morgan fingerprint density at radius 1 is 1.59 bits per heavy atom. The van der Waals surface area contributed by atoms with E-state index in [0.717, 1.165) is 0 Å². The van der Waals surface area contributed by atoms with Gasteiger partial charge in [-0.25, -0.2) is 4.79 Å². The molecule has 1 aromatic rings. The summed E-state index contributed by atoms with van der Waals surface area (Å²) in [6.07, 6.45) is 6.20. The van der Waals surface area contributed by atoms with E-state index in [9.17, 15) is 14.4 Å². The largest absolute Gasteiger partial charge is 0.480 e. The van der Waals surface area contributed by atoms with E-state index < -0.39 is 23.5 Å². The SMILES string of the molecule is C#CCC(NC(=O)c1ccc[nH]c1=O)C(=O)O. The summed E-state index contributed by atoms with van der Waals surface area (Å²) in [4.78, 5) is 35.9. The van der Waals surface area contributed by atoms with Crippen molar-refractivity contribution in [1.29, 1.82) is 0 Å². The first-order chi connectivity index (χ1) is 8.06. The number of carboxylic acids is 1. The van der Waals surface area contributed by atoms with Crippen molar-refractivity contribution < 1.29 is 14.7 Å². The number of aromatic nitrogens is 1. The van der Waals surface area contributed by atoms with Crippen LogP contribution < -0.4 is 10.9 Å². The lowest BCUT2D eigenvalue weighted by atomic mass is 10.2. The van der Waals surface area contributed by atoms with Gasteiger partial charge in [0.1, 0.15) is 11.6 Å². The molecule has 1 rings (SSSR count). The summed E-state index contributed by atoms with van der Waals surface area (Å²) in [5.74, 6) is 0.123. The van der Waals surface area contributed by atoms with E-state index in [1.165, 1.54) is 18.3 Å². The molecule has 1 amide bonds. The van der Waals surface area contributed by atoms with Crippen LogP contribution >= 0.6 is 0 Å². The molecule has 0 saturated carbocycles. The maximum atomic E-state index is 11.6. The van der Waals surface area contributed by atoms with Crippen molar-refractivity contribution in [1.82, 2.24) is 10.3 Å². The Hall–Kier alpha value is -2.55. The maximum absolute atomic E-state index is 11.6. The summed E-state index contributed by atoms with van der Waals surface area (Å²) in [6.45, 7) is 0. The minimum atomic E-state index is -1.25. The van der Waals surface area contributed by atoms with Crippen molar-refractivity contribution in [2.75, 3.05) is 0 Å². The van der Waals surface area contributed by atoms with Crippen molar-refractivity contribution in [2.45, 2.75) is 12.5 Å². The number of carboxylic acid groups (broad SMARTS) is 1. The molecule has 0 bridgehead atoms. The molecule has 88 valence electrons. The molecule has 6 heteroatoms. The van der Waals surface area contributed by atoms with Gasteiger partial charge in [0, 0.05) is 12.6 Å². The van der Waals surface area contributed by atoms with Gasteiger partial charge in [-0.3, -0.25) is 9.59 Å². The fourth-order valence-corrected chi connectivity index (χ4v) is 1.15. The number of terminal acetylenes is 1. The van der Waals surface area contributed by atoms with Crippen LogP contribution in [0.5, 0.6) is 0 Å². The molecule has 0 radical (unpaired) electrons. The predicted molar refractivity (Wildman–Crippen MR) is 59.4 cm³/mol. The van der Waals surface area contributed by atoms with E-state index in [1.54, 1.807) is 0 Å². The van der Waals surface area contributed by atoms with Gasteiger partial charge in [-0.15, -0.1) is 12.3 Å². The van der Waals surface area contributed by atoms with E-state index in [0.29, 0.717) is 0 Å². The highest BCUT2D eigenvalue weighted by Gasteiger charge is 2.20. The Kier molecular flexibility index (Phi) is 4.06. The third-order valence-electron chi connectivity index (χ3n) is 1.99. The Labute approximate surface area is 96.7 Å². The highest BCUT2D eigenvalue weighted by molar-refractivity contribution is 5.96. The number of nitrogens with one attached hydrogen (secondary N) is 2. The molecule has 0 aliphatic carbocycles. The molecule has 1 unspecified atom stereocenters. The first-order valence-corrected chi connectivity index (χ1v) is 4.71. The van der Waals surface area contributed by atoms with Gasteiger partial charge in [-0.05, 0) is 12.1 Å². The smallest absolute Gasteiger partial charge is 0.327 e. The van der Waals surface area contributed by atoms with E-state index in [4.69, 9.17) is 11.5 Å². The van der Waals surface area contributed by atoms with Crippen LogP contribution in [0.3, 0.4) is 0 Å². The molecule has 6 nitrogen and oxygen atoms in total. The van der Waals surface area contributed by atoms with Gasteiger partial charge in [0.05, 0.1) is 0 Å². The highest BCUT2D eigenvalue weighted by Crippen LogP contribution is 1.95. The maximum Gasteiger partial charge on any atom is 0.327 e. The van der Waals surface area contributed by atoms with Crippen LogP contribution in [0, 0.1) is 12.3 Å². The fraction of sp³-hybridized carbons (Fsp3) is 0.182. The Bertz CT molecular complexity index is 527. The van der Waals surface area contributed by atoms with Gasteiger partial charge < -0.3 is 15.4 Å². The normalized spacial score (nSPS) is 11.2. The van der Waals surface area contributed by atoms with Gasteiger partial charge in [0.2, 0.25) is 0 Å². The summed E-state index contributed by atoms with van der Waals surface area (Å²) in [6, 6.07) is 1.56. The van der Waals surface area contributed by atoms with Crippen molar-refractivity contribution in [3.63, 3.8) is 0 Å². The van der Waals surface area contributed by atoms with Crippen LogP contribution in [0.2, 0.25) is 0 Å². The summed E-state index contributed by atoms with van der Waals surface area (Å²) >= 11 is 0. The molecule has 0 aliphatic rings. The van der Waals surface area contributed by atoms with Crippen molar-refractivity contribution >= 4 is 11.9 Å². The monoisotopic (exact) mass is 234 g/mol. The van der Waals surface area contributed by atoms with Crippen LogP contribution in [0.15, 0.2) is 23.1 Å². The number of aliphatic carboxylic acids is 1. The summed E-state index contributed by atoms with van der Waals surface area (Å²) < 4.78 is 0. The fourth-order valence-electron chi connectivity index (χ4n) is 1.15. The zero-order valence-electron chi connectivity index (χ0n) is 8.77. The number of carbonyl (C=O) groups excluding carboxylic acids is 1. The molecule has 17 heavy (non-hydrogen) atoms. The Balaban J connectivity index is 2.86. The van der Waals surface area contributed by atoms with Crippen LogP contribution in [0.1, 0.15) is 16.8 Å². The minimum absolute atomic E-state index is 0.147. The summed E-state index contributed by atoms with van der Waals surface area (Å²) in [7, 11) is 0. The van der Waals surface area contributed by atoms with E-state index in [-0.39, 0.29) is 12.0 Å². The lowest BCUT2D eigenvalue weighted by Crippen LogP contribution is -2.42. The molecule has 1 aromatic heterocycles. The Morgan fingerprint density at radius 3 is 2.82 bits per heavy atom. The molecule has 0 saturated heterocycles. The topological polar surface area (TPSA) is 99.3 Å². The minimum Gasteiger partial charge on any atom is -0.480 e. The third kappa shape index (κ3) is 3.21. The molecule has 0 aromatic carbocycles. The Morgan fingerprint density at radius 2 is 2.29 bits per heavy atom. The molecule has 1 atom stereocenters. The lowest BCUT2D eigenvalue weighted by molar-refractivity contribution is -0.139. The van der Waals surface area contributed by atoms with Crippen LogP contribution in [0.4, 0.5) is 0 Å². The first-order valence-electron chi connectivity index (χ1n) is 4.71. The number of amides is 1. The van der Waals surface area contributed by atoms with Crippen molar-refractivity contribution in [2.24, 2.45) is 0 Å². The lowest BCUT2D eigenvalue weighted by Gasteiger charge is -2.10. The standard InChI is InChI=1S/C11H10N2O4/c1-2-4-8(11(16)17)13-10(15)7-5-3-6-12-9(7)14/h1,3,5-6,8H,4H2,(H,12,14)(H,13,15)(H,16,17). The number of carbonyl (C=O) groups is 2. The second-order valence-corrected chi connectivity index (χ2v) is 3.19. The molecular formula is C11H10N2O4. The van der Waals surface area contributed by atoms with E-state index in [2.05, 4.69) is 16.2 Å². The first kappa shape index (κ1) is 12.5. The number of aromatic amines is 1. The van der Waals surface area contributed by atoms with Crippen LogP contribution in [-0.4, -0.2) is 28.0 Å². The summed E-state index contributed by atoms with van der Waals surface area (Å²) in [5.41, 5.74) is -0.745. The zero-order chi connectivity index (χ0) is 12.8. The average molecular weight is 234 g/mol. The zero-order valence-corrected chi connectivity index (χ0v) is 8.77. The average Bonchev–Trinajstić information content (AvgIpc) is 2.28. The van der Waals surface area contributed by atoms with E-state index in [1.807, 2.05) is 0 Å². The molecule has 0 fully saturated rings. The second kappa shape index (κ2) is 5.51. The second-order valence-electron chi connectivity index (χ2n) is 3.19. The van der Waals surface area contributed by atoms with Gasteiger partial charge in [-0.2, -0.15) is 0 Å². The summed E-state index contributed by atoms with van der Waals surface area (Å²) in [5, 5.41) is 10.9. The van der Waals surface area contributed by atoms with Crippen molar-refractivity contribution in [3.8, 4) is 12.3 Å². The van der Waals surface area contributed by atoms with Crippen LogP contribution in [0.25, 0.3) is 0 Å². The molecule has 3 N–H and O–H groups in total. The van der Waals surface area contributed by atoms with Gasteiger partial charge >= 0.3 is 5.97 Å². The van der Waals surface area contributed by atoms with Gasteiger partial charge in [0.15, 0.2) is 0 Å². The number of pyridine rings is 1. The molecular weight excluding hydrogens is 224 g/mol. The quantitative estimate of drug-likeness (QED) is 0.616. The van der Waals surface area contributed by atoms with Gasteiger partial charge in [-0.1, -0.05) is 0 Å².